The number of nitrogens with one attached hydrogen (secondary N) is 1. The fourth-order valence-corrected chi connectivity index (χ4v) is 2.61. The highest BCUT2D eigenvalue weighted by Crippen LogP contribution is 2.23. The number of benzene rings is 1. The van der Waals surface area contributed by atoms with Crippen LogP contribution in [-0.4, -0.2) is 23.5 Å². The number of hydrogen-bond donors (Lipinski definition) is 1. The summed E-state index contributed by atoms with van der Waals surface area (Å²) < 4.78 is 0. The maximum absolute atomic E-state index is 4.16. The Bertz CT molecular complexity index is 551. The van der Waals surface area contributed by atoms with Gasteiger partial charge in [-0.25, -0.2) is 0 Å². The summed E-state index contributed by atoms with van der Waals surface area (Å²) in [6.07, 6.45) is 4.90. The van der Waals surface area contributed by atoms with E-state index in [1.807, 2.05) is 18.5 Å². The third-order valence-electron chi connectivity index (χ3n) is 3.51. The normalized spacial score (nSPS) is 13.4. The van der Waals surface area contributed by atoms with Gasteiger partial charge < -0.3 is 5.32 Å². The second-order valence-corrected chi connectivity index (χ2v) is 5.20. The number of hydrogen-bond acceptors (Lipinski definition) is 3. The molecule has 0 unspecified atom stereocenters. The molecule has 3 rings (SSSR count). The number of aromatic nitrogens is 1. The SMILES string of the molecule is CN(Cc1cccnc1)Cc1ccc2c(c1)NCC2. The highest BCUT2D eigenvalue weighted by molar-refractivity contribution is 5.57. The van der Waals surface area contributed by atoms with E-state index in [4.69, 9.17) is 0 Å². The molecule has 0 aliphatic carbocycles. The van der Waals surface area contributed by atoms with Crippen LogP contribution in [-0.2, 0) is 19.5 Å². The number of rotatable bonds is 4. The predicted molar refractivity (Wildman–Crippen MR) is 78.0 cm³/mol. The summed E-state index contributed by atoms with van der Waals surface area (Å²) in [7, 11) is 2.15. The molecule has 0 saturated heterocycles. The lowest BCUT2D eigenvalue weighted by Gasteiger charge is -2.17. The van der Waals surface area contributed by atoms with E-state index in [0.717, 1.165) is 26.1 Å². The van der Waals surface area contributed by atoms with Crippen LogP contribution in [0.1, 0.15) is 16.7 Å². The predicted octanol–water partition coefficient (Wildman–Crippen LogP) is 2.68. The number of anilines is 1. The van der Waals surface area contributed by atoms with E-state index in [1.165, 1.54) is 22.4 Å². The zero-order valence-electron chi connectivity index (χ0n) is 11.3. The van der Waals surface area contributed by atoms with Gasteiger partial charge in [-0.05, 0) is 42.3 Å². The second kappa shape index (κ2) is 5.41. The van der Waals surface area contributed by atoms with Crippen LogP contribution < -0.4 is 5.32 Å². The van der Waals surface area contributed by atoms with Crippen LogP contribution in [0.2, 0.25) is 0 Å². The Hall–Kier alpha value is -1.87. The first kappa shape index (κ1) is 12.2. The fourth-order valence-electron chi connectivity index (χ4n) is 2.61. The number of fused-ring (bicyclic) bond motifs is 1. The molecular weight excluding hydrogens is 234 g/mol. The van der Waals surface area contributed by atoms with Crippen molar-refractivity contribution in [3.05, 3.63) is 59.4 Å². The fraction of sp³-hybridized carbons (Fsp3) is 0.312. The maximum atomic E-state index is 4.16. The van der Waals surface area contributed by atoms with Gasteiger partial charge in [-0.2, -0.15) is 0 Å². The van der Waals surface area contributed by atoms with Crippen LogP contribution in [0.4, 0.5) is 5.69 Å². The van der Waals surface area contributed by atoms with Crippen LogP contribution >= 0.6 is 0 Å². The molecule has 0 spiro atoms. The van der Waals surface area contributed by atoms with Gasteiger partial charge in [-0.15, -0.1) is 0 Å². The zero-order chi connectivity index (χ0) is 13.1. The number of nitrogens with zero attached hydrogens (tertiary/aromatic N) is 2. The minimum atomic E-state index is 0.929. The van der Waals surface area contributed by atoms with E-state index in [9.17, 15) is 0 Å². The highest BCUT2D eigenvalue weighted by Gasteiger charge is 2.10. The van der Waals surface area contributed by atoms with E-state index in [-0.39, 0.29) is 0 Å². The molecule has 0 atom stereocenters. The van der Waals surface area contributed by atoms with Crippen molar-refractivity contribution >= 4 is 5.69 Å². The van der Waals surface area contributed by atoms with E-state index in [0.29, 0.717) is 0 Å². The molecule has 19 heavy (non-hydrogen) atoms. The van der Waals surface area contributed by atoms with Gasteiger partial charge in [0.2, 0.25) is 0 Å². The lowest BCUT2D eigenvalue weighted by atomic mass is 10.1. The van der Waals surface area contributed by atoms with Crippen LogP contribution in [0, 0.1) is 0 Å². The summed E-state index contributed by atoms with van der Waals surface area (Å²) in [5, 5.41) is 3.43. The monoisotopic (exact) mass is 253 g/mol. The third kappa shape index (κ3) is 2.93. The minimum Gasteiger partial charge on any atom is -0.384 e. The van der Waals surface area contributed by atoms with Crippen molar-refractivity contribution in [1.29, 1.82) is 0 Å². The molecule has 1 aromatic carbocycles. The maximum Gasteiger partial charge on any atom is 0.0376 e. The van der Waals surface area contributed by atoms with Crippen LogP contribution in [0.15, 0.2) is 42.7 Å². The summed E-state index contributed by atoms with van der Waals surface area (Å²) in [6.45, 7) is 2.96. The summed E-state index contributed by atoms with van der Waals surface area (Å²) in [5.74, 6) is 0. The zero-order valence-corrected chi connectivity index (χ0v) is 11.3. The molecular formula is C16H19N3. The van der Waals surface area contributed by atoms with Crippen molar-refractivity contribution < 1.29 is 0 Å². The lowest BCUT2D eigenvalue weighted by Crippen LogP contribution is -2.17. The van der Waals surface area contributed by atoms with E-state index in [2.05, 4.69) is 46.5 Å². The average molecular weight is 253 g/mol. The van der Waals surface area contributed by atoms with Crippen LogP contribution in [0.5, 0.6) is 0 Å². The Labute approximate surface area is 114 Å². The van der Waals surface area contributed by atoms with Crippen LogP contribution in [0.25, 0.3) is 0 Å². The van der Waals surface area contributed by atoms with Gasteiger partial charge in [-0.3, -0.25) is 9.88 Å². The molecule has 1 aliphatic heterocycles. The van der Waals surface area contributed by atoms with Gasteiger partial charge in [-0.1, -0.05) is 18.2 Å². The van der Waals surface area contributed by atoms with Crippen molar-refractivity contribution in [3.63, 3.8) is 0 Å². The highest BCUT2D eigenvalue weighted by atomic mass is 15.1. The molecule has 3 nitrogen and oxygen atoms in total. The van der Waals surface area contributed by atoms with E-state index < -0.39 is 0 Å². The first-order chi connectivity index (χ1) is 9.31. The van der Waals surface area contributed by atoms with Crippen LogP contribution in [0.3, 0.4) is 0 Å². The topological polar surface area (TPSA) is 28.2 Å². The number of pyridine rings is 1. The average Bonchev–Trinajstić information content (AvgIpc) is 2.87. The molecule has 0 amide bonds. The van der Waals surface area contributed by atoms with Gasteiger partial charge in [0.15, 0.2) is 0 Å². The molecule has 2 aromatic rings. The van der Waals surface area contributed by atoms with Gasteiger partial charge in [0.1, 0.15) is 0 Å². The molecule has 98 valence electrons. The molecule has 2 heterocycles. The summed E-state index contributed by atoms with van der Waals surface area (Å²) in [4.78, 5) is 6.47. The van der Waals surface area contributed by atoms with Crippen molar-refractivity contribution in [3.8, 4) is 0 Å². The Balaban J connectivity index is 1.65. The van der Waals surface area contributed by atoms with E-state index in [1.54, 1.807) is 0 Å². The summed E-state index contributed by atoms with van der Waals surface area (Å²) in [5.41, 5.74) is 5.37. The first-order valence-corrected chi connectivity index (χ1v) is 6.74. The molecule has 1 N–H and O–H groups in total. The van der Waals surface area contributed by atoms with Gasteiger partial charge in [0, 0.05) is 37.7 Å². The lowest BCUT2D eigenvalue weighted by molar-refractivity contribution is 0.319. The molecule has 0 saturated carbocycles. The molecule has 1 aliphatic rings. The van der Waals surface area contributed by atoms with Crippen molar-refractivity contribution in [2.45, 2.75) is 19.5 Å². The Morgan fingerprint density at radius 3 is 2.95 bits per heavy atom. The van der Waals surface area contributed by atoms with Gasteiger partial charge in [0.25, 0.3) is 0 Å². The van der Waals surface area contributed by atoms with Crippen molar-refractivity contribution in [2.75, 3.05) is 18.9 Å². The minimum absolute atomic E-state index is 0.929. The summed E-state index contributed by atoms with van der Waals surface area (Å²) in [6, 6.07) is 10.9. The molecule has 0 bridgehead atoms. The Morgan fingerprint density at radius 1 is 1.21 bits per heavy atom. The molecule has 3 heteroatoms. The van der Waals surface area contributed by atoms with E-state index >= 15 is 0 Å². The molecule has 1 aromatic heterocycles. The molecule has 0 radical (unpaired) electrons. The van der Waals surface area contributed by atoms with Crippen molar-refractivity contribution in [2.24, 2.45) is 0 Å². The Kier molecular flexibility index (Phi) is 3.47. The van der Waals surface area contributed by atoms with Gasteiger partial charge in [0.05, 0.1) is 0 Å². The first-order valence-electron chi connectivity index (χ1n) is 6.74. The quantitative estimate of drug-likeness (QED) is 0.908. The Morgan fingerprint density at radius 2 is 2.11 bits per heavy atom. The van der Waals surface area contributed by atoms with Gasteiger partial charge >= 0.3 is 0 Å². The third-order valence-corrected chi connectivity index (χ3v) is 3.51. The second-order valence-electron chi connectivity index (χ2n) is 5.20. The summed E-state index contributed by atoms with van der Waals surface area (Å²) >= 11 is 0. The van der Waals surface area contributed by atoms with Crippen molar-refractivity contribution in [1.82, 2.24) is 9.88 Å². The molecule has 0 fully saturated rings. The standard InChI is InChI=1S/C16H19N3/c1-19(12-14-3-2-7-17-10-14)11-13-4-5-15-6-8-18-16(15)9-13/h2-5,7,9-10,18H,6,8,11-12H2,1H3. The largest absolute Gasteiger partial charge is 0.384 e. The smallest absolute Gasteiger partial charge is 0.0376 e.